The first-order valence-electron chi connectivity index (χ1n) is 8.79. The van der Waals surface area contributed by atoms with E-state index in [1.165, 1.54) is 12.1 Å². The van der Waals surface area contributed by atoms with Gasteiger partial charge in [0, 0.05) is 6.07 Å². The van der Waals surface area contributed by atoms with Crippen molar-refractivity contribution in [1.82, 2.24) is 15.1 Å². The van der Waals surface area contributed by atoms with E-state index < -0.39 is 47.8 Å². The molecule has 1 aromatic heterocycles. The van der Waals surface area contributed by atoms with Crippen molar-refractivity contribution in [2.75, 3.05) is 0 Å². The van der Waals surface area contributed by atoms with Crippen molar-refractivity contribution in [3.8, 4) is 11.6 Å². The van der Waals surface area contributed by atoms with E-state index in [0.29, 0.717) is 0 Å². The molecule has 0 aliphatic rings. The van der Waals surface area contributed by atoms with Gasteiger partial charge in [0.15, 0.2) is 5.69 Å². The first-order valence-corrected chi connectivity index (χ1v) is 8.79. The molecular formula is C20H15F4N3O4. The Morgan fingerprint density at radius 3 is 2.23 bits per heavy atom. The van der Waals surface area contributed by atoms with Gasteiger partial charge < -0.3 is 15.5 Å². The maximum absolute atomic E-state index is 13.1. The topological polar surface area (TPSA) is 104 Å². The number of nitrogens with one attached hydrogen (secondary N) is 1. The highest BCUT2D eigenvalue weighted by Gasteiger charge is 2.30. The molecule has 0 fully saturated rings. The van der Waals surface area contributed by atoms with Crippen LogP contribution in [0.3, 0.4) is 0 Å². The highest BCUT2D eigenvalue weighted by Crippen LogP contribution is 2.30. The van der Waals surface area contributed by atoms with Crippen LogP contribution in [0, 0.1) is 5.82 Å². The third-order valence-electron chi connectivity index (χ3n) is 4.32. The fourth-order valence-electron chi connectivity index (χ4n) is 2.82. The quantitative estimate of drug-likeness (QED) is 0.511. The summed E-state index contributed by atoms with van der Waals surface area (Å²) in [6.45, 7) is 0. The van der Waals surface area contributed by atoms with Crippen molar-refractivity contribution in [3.05, 3.63) is 77.2 Å². The minimum absolute atomic E-state index is 0.144. The van der Waals surface area contributed by atoms with Crippen LogP contribution >= 0.6 is 0 Å². The predicted octanol–water partition coefficient (Wildman–Crippen LogP) is 3.68. The average Bonchev–Trinajstić information content (AvgIpc) is 3.09. The standard InChI is InChI=1S/C20H15F4N3O4/c21-13-5-7-14(8-6-13)27-17(28)9-16(26-27)19(31)25-15(10-18(29)30)11-1-3-12(4-2-11)20(22,23)24/h1-9,15,28H,10H2,(H,25,31)(H,29,30)/t15-/m0/s1. The molecule has 0 radical (unpaired) electrons. The van der Waals surface area contributed by atoms with Crippen molar-refractivity contribution in [2.24, 2.45) is 0 Å². The predicted molar refractivity (Wildman–Crippen MR) is 99.1 cm³/mol. The van der Waals surface area contributed by atoms with Crippen molar-refractivity contribution in [3.63, 3.8) is 0 Å². The van der Waals surface area contributed by atoms with Gasteiger partial charge in [0.05, 0.1) is 23.7 Å². The summed E-state index contributed by atoms with van der Waals surface area (Å²) in [5.74, 6) is -3.09. The molecule has 0 aliphatic carbocycles. The Morgan fingerprint density at radius 1 is 1.06 bits per heavy atom. The Bertz CT molecular complexity index is 1090. The minimum atomic E-state index is -4.56. The molecule has 3 N–H and O–H groups in total. The number of aliphatic carboxylic acids is 1. The summed E-state index contributed by atoms with van der Waals surface area (Å²) in [7, 11) is 0. The number of carboxylic acid groups (broad SMARTS) is 1. The van der Waals surface area contributed by atoms with Gasteiger partial charge in [0.25, 0.3) is 5.91 Å². The van der Waals surface area contributed by atoms with Crippen LogP contribution in [-0.2, 0) is 11.0 Å². The highest BCUT2D eigenvalue weighted by molar-refractivity contribution is 5.93. The fourth-order valence-corrected chi connectivity index (χ4v) is 2.82. The maximum atomic E-state index is 13.1. The number of carbonyl (C=O) groups is 2. The number of aromatic hydroxyl groups is 1. The monoisotopic (exact) mass is 437 g/mol. The van der Waals surface area contributed by atoms with Gasteiger partial charge in [-0.25, -0.2) is 9.07 Å². The van der Waals surface area contributed by atoms with E-state index in [2.05, 4.69) is 10.4 Å². The lowest BCUT2D eigenvalue weighted by Crippen LogP contribution is -2.30. The van der Waals surface area contributed by atoms with E-state index >= 15 is 0 Å². The number of benzene rings is 2. The third-order valence-corrected chi connectivity index (χ3v) is 4.32. The number of carbonyl (C=O) groups excluding carboxylic acids is 1. The maximum Gasteiger partial charge on any atom is 0.416 e. The van der Waals surface area contributed by atoms with E-state index in [0.717, 1.165) is 47.1 Å². The number of rotatable bonds is 6. The lowest BCUT2D eigenvalue weighted by Gasteiger charge is -2.17. The summed E-state index contributed by atoms with van der Waals surface area (Å²) in [5, 5.41) is 25.5. The van der Waals surface area contributed by atoms with Gasteiger partial charge in [-0.1, -0.05) is 12.1 Å². The smallest absolute Gasteiger partial charge is 0.416 e. The lowest BCUT2D eigenvalue weighted by molar-refractivity contribution is -0.138. The molecule has 3 aromatic rings. The molecule has 0 saturated heterocycles. The largest absolute Gasteiger partial charge is 0.493 e. The zero-order chi connectivity index (χ0) is 22.8. The highest BCUT2D eigenvalue weighted by atomic mass is 19.4. The van der Waals surface area contributed by atoms with Crippen LogP contribution in [0.15, 0.2) is 54.6 Å². The van der Waals surface area contributed by atoms with Crippen molar-refractivity contribution in [1.29, 1.82) is 0 Å². The number of halogens is 4. The Hall–Kier alpha value is -3.89. The first-order chi connectivity index (χ1) is 14.5. The molecule has 0 saturated carbocycles. The van der Waals surface area contributed by atoms with E-state index in [-0.39, 0.29) is 16.9 Å². The number of amides is 1. The van der Waals surface area contributed by atoms with Crippen LogP contribution in [-0.4, -0.2) is 31.9 Å². The molecule has 11 heteroatoms. The second kappa shape index (κ2) is 8.46. The molecule has 0 unspecified atom stereocenters. The second-order valence-corrected chi connectivity index (χ2v) is 6.52. The molecule has 162 valence electrons. The summed E-state index contributed by atoms with van der Waals surface area (Å²) in [6, 6.07) is 8.48. The zero-order valence-corrected chi connectivity index (χ0v) is 15.6. The molecule has 2 aromatic carbocycles. The Kier molecular flexibility index (Phi) is 5.95. The Balaban J connectivity index is 1.83. The van der Waals surface area contributed by atoms with Crippen molar-refractivity contribution >= 4 is 11.9 Å². The number of aromatic nitrogens is 2. The van der Waals surface area contributed by atoms with Gasteiger partial charge in [0.2, 0.25) is 5.88 Å². The van der Waals surface area contributed by atoms with Gasteiger partial charge in [-0.3, -0.25) is 9.59 Å². The molecule has 31 heavy (non-hydrogen) atoms. The Labute approximate surface area is 172 Å². The second-order valence-electron chi connectivity index (χ2n) is 6.52. The molecule has 1 heterocycles. The molecule has 3 rings (SSSR count). The summed E-state index contributed by atoms with van der Waals surface area (Å²) in [4.78, 5) is 23.7. The minimum Gasteiger partial charge on any atom is -0.493 e. The van der Waals surface area contributed by atoms with Gasteiger partial charge in [-0.15, -0.1) is 0 Å². The van der Waals surface area contributed by atoms with E-state index in [9.17, 15) is 32.3 Å². The average molecular weight is 437 g/mol. The number of hydrogen-bond donors (Lipinski definition) is 3. The third kappa shape index (κ3) is 5.18. The van der Waals surface area contributed by atoms with Crippen molar-refractivity contribution in [2.45, 2.75) is 18.6 Å². The molecule has 0 aliphatic heterocycles. The summed E-state index contributed by atoms with van der Waals surface area (Å²) >= 11 is 0. The van der Waals surface area contributed by atoms with Gasteiger partial charge in [0.1, 0.15) is 5.82 Å². The normalized spacial score (nSPS) is 12.4. The first kappa shape index (κ1) is 21.8. The molecular weight excluding hydrogens is 422 g/mol. The van der Waals surface area contributed by atoms with E-state index in [4.69, 9.17) is 5.11 Å². The Morgan fingerprint density at radius 2 is 1.68 bits per heavy atom. The summed E-state index contributed by atoms with van der Waals surface area (Å²) in [6.07, 6.45) is -5.16. The number of hydrogen-bond acceptors (Lipinski definition) is 4. The van der Waals surface area contributed by atoms with E-state index in [1.54, 1.807) is 0 Å². The van der Waals surface area contributed by atoms with Gasteiger partial charge >= 0.3 is 12.1 Å². The summed E-state index contributed by atoms with van der Waals surface area (Å²) in [5.41, 5.74) is -0.780. The van der Waals surface area contributed by atoms with Crippen LogP contribution in [0.1, 0.15) is 34.1 Å². The molecule has 7 nitrogen and oxygen atoms in total. The van der Waals surface area contributed by atoms with E-state index in [1.807, 2.05) is 0 Å². The van der Waals surface area contributed by atoms with Crippen LogP contribution in [0.5, 0.6) is 5.88 Å². The molecule has 0 bridgehead atoms. The van der Waals surface area contributed by atoms with Gasteiger partial charge in [-0.2, -0.15) is 18.3 Å². The molecule has 0 spiro atoms. The van der Waals surface area contributed by atoms with Crippen LogP contribution in [0.4, 0.5) is 17.6 Å². The van der Waals surface area contributed by atoms with Crippen LogP contribution in [0.25, 0.3) is 5.69 Å². The number of nitrogens with zero attached hydrogens (tertiary/aromatic N) is 2. The van der Waals surface area contributed by atoms with Crippen LogP contribution < -0.4 is 5.32 Å². The molecule has 1 amide bonds. The lowest BCUT2D eigenvalue weighted by atomic mass is 10.0. The van der Waals surface area contributed by atoms with Crippen LogP contribution in [0.2, 0.25) is 0 Å². The SMILES string of the molecule is O=C(O)C[C@H](NC(=O)c1cc(O)n(-c2ccc(F)cc2)n1)c1ccc(C(F)(F)F)cc1. The summed E-state index contributed by atoms with van der Waals surface area (Å²) < 4.78 is 52.3. The molecule has 1 atom stereocenters. The zero-order valence-electron chi connectivity index (χ0n) is 15.6. The van der Waals surface area contributed by atoms with Gasteiger partial charge in [-0.05, 0) is 42.0 Å². The fraction of sp³-hybridized carbons (Fsp3) is 0.150. The number of carboxylic acids is 1. The van der Waals surface area contributed by atoms with Crippen molar-refractivity contribution < 1.29 is 37.4 Å². The number of alkyl halides is 3.